The summed E-state index contributed by atoms with van der Waals surface area (Å²) >= 11 is 0. The molecule has 0 radical (unpaired) electrons. The molecule has 0 aromatic heterocycles. The number of carboxylic acid groups (broad SMARTS) is 1. The Balaban J connectivity index is 2.46. The Kier molecular flexibility index (Phi) is 5.55. The summed E-state index contributed by atoms with van der Waals surface area (Å²) in [5.74, 6) is -0.343. The van der Waals surface area contributed by atoms with E-state index in [1.54, 1.807) is 0 Å². The molecule has 0 heterocycles. The van der Waals surface area contributed by atoms with Crippen LogP contribution in [0.3, 0.4) is 0 Å². The summed E-state index contributed by atoms with van der Waals surface area (Å²) in [6.45, 7) is 1.94. The molecule has 1 rings (SSSR count). The zero-order valence-electron chi connectivity index (χ0n) is 10.9. The summed E-state index contributed by atoms with van der Waals surface area (Å²) in [5, 5.41) is 8.54. The van der Waals surface area contributed by atoms with E-state index in [2.05, 4.69) is 4.72 Å². The normalized spacial score (nSPS) is 17.9. The summed E-state index contributed by atoms with van der Waals surface area (Å²) in [5.41, 5.74) is 0. The molecule has 106 valence electrons. The Bertz CT molecular complexity index is 379. The van der Waals surface area contributed by atoms with Gasteiger partial charge in [-0.3, -0.25) is 4.79 Å². The lowest BCUT2D eigenvalue weighted by Gasteiger charge is -2.22. The van der Waals surface area contributed by atoms with Crippen LogP contribution in [-0.2, 0) is 15.0 Å². The highest BCUT2D eigenvalue weighted by Crippen LogP contribution is 2.34. The van der Waals surface area contributed by atoms with Gasteiger partial charge < -0.3 is 5.11 Å². The van der Waals surface area contributed by atoms with E-state index in [1.165, 1.54) is 19.9 Å². The first-order valence-corrected chi connectivity index (χ1v) is 7.74. The summed E-state index contributed by atoms with van der Waals surface area (Å²) < 4.78 is 27.6. The van der Waals surface area contributed by atoms with Crippen LogP contribution in [0.1, 0.15) is 39.0 Å². The van der Waals surface area contributed by atoms with Crippen LogP contribution in [0, 0.1) is 5.92 Å². The lowest BCUT2D eigenvalue weighted by molar-refractivity contribution is -0.137. The van der Waals surface area contributed by atoms with Crippen molar-refractivity contribution in [3.8, 4) is 0 Å². The molecule has 0 saturated heterocycles. The number of nitrogens with one attached hydrogen (secondary N) is 1. The number of nitrogens with zero attached hydrogens (tertiary/aromatic N) is 1. The Morgan fingerprint density at radius 3 is 2.56 bits per heavy atom. The molecule has 7 heteroatoms. The minimum atomic E-state index is -3.57. The highest BCUT2D eigenvalue weighted by atomic mass is 32.2. The lowest BCUT2D eigenvalue weighted by Crippen LogP contribution is -2.44. The molecule has 1 fully saturated rings. The maximum absolute atomic E-state index is 11.9. The fraction of sp³-hybridized carbons (Fsp3) is 0.909. The Labute approximate surface area is 109 Å². The fourth-order valence-electron chi connectivity index (χ4n) is 1.73. The molecule has 1 aliphatic rings. The maximum atomic E-state index is 11.9. The highest BCUT2D eigenvalue weighted by molar-refractivity contribution is 7.87. The number of hydrogen-bond acceptors (Lipinski definition) is 3. The van der Waals surface area contributed by atoms with Crippen molar-refractivity contribution < 1.29 is 18.3 Å². The molecule has 18 heavy (non-hydrogen) atoms. The first-order chi connectivity index (χ1) is 8.35. The van der Waals surface area contributed by atoms with Gasteiger partial charge >= 0.3 is 5.97 Å². The summed E-state index contributed by atoms with van der Waals surface area (Å²) in [4.78, 5) is 10.4. The van der Waals surface area contributed by atoms with E-state index in [9.17, 15) is 13.2 Å². The predicted octanol–water partition coefficient (Wildman–Crippen LogP) is 0.806. The van der Waals surface area contributed by atoms with Crippen molar-refractivity contribution in [2.75, 3.05) is 13.6 Å². The van der Waals surface area contributed by atoms with Gasteiger partial charge in [0.1, 0.15) is 0 Å². The van der Waals surface area contributed by atoms with Crippen LogP contribution in [0.4, 0.5) is 0 Å². The van der Waals surface area contributed by atoms with Gasteiger partial charge in [-0.25, -0.2) is 0 Å². The maximum Gasteiger partial charge on any atom is 0.304 e. The van der Waals surface area contributed by atoms with Crippen molar-refractivity contribution in [2.24, 2.45) is 5.92 Å². The van der Waals surface area contributed by atoms with E-state index in [-0.39, 0.29) is 19.0 Å². The van der Waals surface area contributed by atoms with Gasteiger partial charge in [-0.2, -0.15) is 17.4 Å². The molecule has 6 nitrogen and oxygen atoms in total. The van der Waals surface area contributed by atoms with Gasteiger partial charge in [-0.1, -0.05) is 19.8 Å². The summed E-state index contributed by atoms with van der Waals surface area (Å²) in [7, 11) is -2.17. The topological polar surface area (TPSA) is 86.7 Å². The summed E-state index contributed by atoms with van der Waals surface area (Å²) in [6.07, 6.45) is 3.82. The van der Waals surface area contributed by atoms with Gasteiger partial charge in [0.05, 0.1) is 6.42 Å². The third kappa shape index (κ3) is 5.32. The highest BCUT2D eigenvalue weighted by Gasteiger charge is 2.28. The van der Waals surface area contributed by atoms with Gasteiger partial charge in [-0.05, 0) is 18.8 Å². The third-order valence-corrected chi connectivity index (χ3v) is 4.81. The zero-order valence-corrected chi connectivity index (χ0v) is 11.7. The van der Waals surface area contributed by atoms with Crippen LogP contribution in [0.5, 0.6) is 0 Å². The first kappa shape index (κ1) is 15.4. The van der Waals surface area contributed by atoms with E-state index in [4.69, 9.17) is 5.11 Å². The number of carboxylic acids is 1. The molecule has 1 saturated carbocycles. The van der Waals surface area contributed by atoms with E-state index in [0.29, 0.717) is 5.92 Å². The Morgan fingerprint density at radius 1 is 1.50 bits per heavy atom. The SMILES string of the molecule is CCC(CC1CC1)NS(=O)(=O)N(C)CCC(=O)O. The van der Waals surface area contributed by atoms with Gasteiger partial charge in [0.15, 0.2) is 0 Å². The molecule has 1 aliphatic carbocycles. The largest absolute Gasteiger partial charge is 0.481 e. The molecule has 2 N–H and O–H groups in total. The Morgan fingerprint density at radius 2 is 2.11 bits per heavy atom. The quantitative estimate of drug-likeness (QED) is 0.653. The second-order valence-electron chi connectivity index (χ2n) is 4.87. The monoisotopic (exact) mass is 278 g/mol. The minimum absolute atomic E-state index is 0.00940. The standard InChI is InChI=1S/C11H22N2O4S/c1-3-10(8-9-4-5-9)12-18(16,17)13(2)7-6-11(14)15/h9-10,12H,3-8H2,1-2H3,(H,14,15). The smallest absolute Gasteiger partial charge is 0.304 e. The van der Waals surface area contributed by atoms with Crippen molar-refractivity contribution in [1.29, 1.82) is 0 Å². The van der Waals surface area contributed by atoms with Crippen molar-refractivity contribution in [3.63, 3.8) is 0 Å². The summed E-state index contributed by atoms with van der Waals surface area (Å²) in [6, 6.07) is -0.0465. The van der Waals surface area contributed by atoms with Gasteiger partial charge in [0.25, 0.3) is 10.2 Å². The van der Waals surface area contributed by atoms with Gasteiger partial charge in [-0.15, -0.1) is 0 Å². The van der Waals surface area contributed by atoms with E-state index >= 15 is 0 Å². The van der Waals surface area contributed by atoms with Crippen molar-refractivity contribution >= 4 is 16.2 Å². The fourth-order valence-corrected chi connectivity index (χ4v) is 2.92. The van der Waals surface area contributed by atoms with Crippen LogP contribution >= 0.6 is 0 Å². The molecule has 0 aliphatic heterocycles. The third-order valence-electron chi connectivity index (χ3n) is 3.17. The van der Waals surface area contributed by atoms with Crippen molar-refractivity contribution in [3.05, 3.63) is 0 Å². The second kappa shape index (κ2) is 6.49. The van der Waals surface area contributed by atoms with Crippen LogP contribution in [0.2, 0.25) is 0 Å². The number of hydrogen-bond donors (Lipinski definition) is 2. The number of rotatable bonds is 9. The van der Waals surface area contributed by atoms with Crippen LogP contribution in [0.15, 0.2) is 0 Å². The van der Waals surface area contributed by atoms with Crippen LogP contribution < -0.4 is 4.72 Å². The predicted molar refractivity (Wildman–Crippen MR) is 68.4 cm³/mol. The molecular weight excluding hydrogens is 256 g/mol. The van der Waals surface area contributed by atoms with Gasteiger partial charge in [0, 0.05) is 19.6 Å². The molecule has 0 amide bonds. The molecule has 0 bridgehead atoms. The lowest BCUT2D eigenvalue weighted by atomic mass is 10.1. The molecule has 0 aromatic rings. The molecule has 1 unspecified atom stereocenters. The second-order valence-corrected chi connectivity index (χ2v) is 6.68. The van der Waals surface area contributed by atoms with Crippen LogP contribution in [0.25, 0.3) is 0 Å². The number of aliphatic carboxylic acids is 1. The average molecular weight is 278 g/mol. The van der Waals surface area contributed by atoms with E-state index in [1.807, 2.05) is 6.92 Å². The van der Waals surface area contributed by atoms with Crippen molar-refractivity contribution in [2.45, 2.75) is 45.1 Å². The van der Waals surface area contributed by atoms with Gasteiger partial charge in [0.2, 0.25) is 0 Å². The molecule has 1 atom stereocenters. The number of carbonyl (C=O) groups is 1. The van der Waals surface area contributed by atoms with E-state index < -0.39 is 16.2 Å². The van der Waals surface area contributed by atoms with Crippen molar-refractivity contribution in [1.82, 2.24) is 9.03 Å². The minimum Gasteiger partial charge on any atom is -0.481 e. The molecular formula is C11H22N2O4S. The average Bonchev–Trinajstić information content (AvgIpc) is 3.08. The first-order valence-electron chi connectivity index (χ1n) is 6.30. The Hall–Kier alpha value is -0.660. The molecule has 0 aromatic carbocycles. The van der Waals surface area contributed by atoms with Crippen LogP contribution in [-0.4, -0.2) is 43.4 Å². The van der Waals surface area contributed by atoms with E-state index in [0.717, 1.165) is 17.1 Å². The molecule has 0 spiro atoms. The zero-order chi connectivity index (χ0) is 13.8.